The highest BCUT2D eigenvalue weighted by molar-refractivity contribution is 6.35. The van der Waals surface area contributed by atoms with Gasteiger partial charge in [0, 0.05) is 10.6 Å². The summed E-state index contributed by atoms with van der Waals surface area (Å²) in [5, 5.41) is 0.765. The molecule has 2 aromatic rings. The van der Waals surface area contributed by atoms with Crippen molar-refractivity contribution >= 4 is 35.0 Å². The fourth-order valence-electron chi connectivity index (χ4n) is 1.89. The number of benzene rings is 2. The van der Waals surface area contributed by atoms with Gasteiger partial charge in [0.1, 0.15) is 5.75 Å². The second kappa shape index (κ2) is 8.04. The third-order valence-corrected chi connectivity index (χ3v) is 3.68. The molecule has 0 heterocycles. The van der Waals surface area contributed by atoms with Crippen molar-refractivity contribution in [3.8, 4) is 5.75 Å². The summed E-state index contributed by atoms with van der Waals surface area (Å²) in [6, 6.07) is 11.7. The zero-order valence-electron chi connectivity index (χ0n) is 13.1. The molecule has 0 aliphatic carbocycles. The van der Waals surface area contributed by atoms with E-state index < -0.39 is 17.9 Å². The van der Waals surface area contributed by atoms with E-state index in [2.05, 4.69) is 10.9 Å². The normalized spacial score (nSPS) is 11.5. The Labute approximate surface area is 149 Å². The number of carbonyl (C=O) groups is 2. The van der Waals surface area contributed by atoms with Gasteiger partial charge < -0.3 is 4.74 Å². The Morgan fingerprint density at radius 3 is 2.50 bits per heavy atom. The van der Waals surface area contributed by atoms with Crippen LogP contribution in [0.3, 0.4) is 0 Å². The number of carbonyl (C=O) groups excluding carboxylic acids is 2. The molecule has 0 bridgehead atoms. The van der Waals surface area contributed by atoms with Crippen molar-refractivity contribution in [1.82, 2.24) is 10.9 Å². The van der Waals surface area contributed by atoms with E-state index in [1.807, 2.05) is 13.0 Å². The second-order valence-electron chi connectivity index (χ2n) is 5.15. The lowest BCUT2D eigenvalue weighted by molar-refractivity contribution is -0.128. The summed E-state index contributed by atoms with van der Waals surface area (Å²) >= 11 is 11.8. The molecule has 2 amide bonds. The van der Waals surface area contributed by atoms with E-state index in [1.54, 1.807) is 37.3 Å². The highest BCUT2D eigenvalue weighted by Crippen LogP contribution is 2.28. The highest BCUT2D eigenvalue weighted by Gasteiger charge is 2.17. The van der Waals surface area contributed by atoms with Crippen LogP contribution in [0.15, 0.2) is 42.5 Å². The van der Waals surface area contributed by atoms with Crippen LogP contribution >= 0.6 is 23.2 Å². The molecule has 0 radical (unpaired) electrons. The predicted octanol–water partition coefficient (Wildman–Crippen LogP) is 3.53. The van der Waals surface area contributed by atoms with Crippen molar-refractivity contribution in [2.45, 2.75) is 20.0 Å². The van der Waals surface area contributed by atoms with Gasteiger partial charge in [-0.05, 0) is 44.2 Å². The maximum Gasteiger partial charge on any atom is 0.279 e. The van der Waals surface area contributed by atoms with Crippen LogP contribution in [0.4, 0.5) is 0 Å². The zero-order chi connectivity index (χ0) is 17.7. The summed E-state index contributed by atoms with van der Waals surface area (Å²) in [6.45, 7) is 3.42. The summed E-state index contributed by atoms with van der Waals surface area (Å²) in [4.78, 5) is 24.0. The molecular formula is C17H16Cl2N2O3. The van der Waals surface area contributed by atoms with Crippen molar-refractivity contribution in [1.29, 1.82) is 0 Å². The van der Waals surface area contributed by atoms with E-state index in [4.69, 9.17) is 27.9 Å². The molecule has 24 heavy (non-hydrogen) atoms. The Hall–Kier alpha value is -2.24. The van der Waals surface area contributed by atoms with Crippen LogP contribution in [0.2, 0.25) is 10.0 Å². The Bertz CT molecular complexity index is 765. The minimum absolute atomic E-state index is 0.297. The zero-order valence-corrected chi connectivity index (χ0v) is 14.6. The Kier molecular flexibility index (Phi) is 6.06. The van der Waals surface area contributed by atoms with Crippen molar-refractivity contribution in [2.75, 3.05) is 0 Å². The predicted molar refractivity (Wildman–Crippen MR) is 93.3 cm³/mol. The lowest BCUT2D eigenvalue weighted by Crippen LogP contribution is -2.47. The average molecular weight is 367 g/mol. The first-order chi connectivity index (χ1) is 11.4. The van der Waals surface area contributed by atoms with Gasteiger partial charge >= 0.3 is 0 Å². The minimum Gasteiger partial charge on any atom is -0.479 e. The van der Waals surface area contributed by atoms with E-state index >= 15 is 0 Å². The minimum atomic E-state index is -0.860. The quantitative estimate of drug-likeness (QED) is 0.813. The summed E-state index contributed by atoms with van der Waals surface area (Å²) in [5.41, 5.74) is 6.06. The maximum atomic E-state index is 12.0. The first-order valence-corrected chi connectivity index (χ1v) is 7.91. The van der Waals surface area contributed by atoms with Crippen molar-refractivity contribution < 1.29 is 14.3 Å². The summed E-state index contributed by atoms with van der Waals surface area (Å²) in [5.74, 6) is -0.598. The molecule has 2 rings (SSSR count). The fraction of sp³-hybridized carbons (Fsp3) is 0.176. The number of hydrogen-bond donors (Lipinski definition) is 2. The molecule has 7 heteroatoms. The third kappa shape index (κ3) is 4.88. The largest absolute Gasteiger partial charge is 0.479 e. The van der Waals surface area contributed by atoms with Gasteiger partial charge in [-0.2, -0.15) is 0 Å². The Morgan fingerprint density at radius 2 is 1.83 bits per heavy atom. The van der Waals surface area contributed by atoms with Gasteiger partial charge in [-0.1, -0.05) is 40.9 Å². The molecule has 1 atom stereocenters. The number of amides is 2. The van der Waals surface area contributed by atoms with Crippen LogP contribution < -0.4 is 15.6 Å². The number of aryl methyl sites for hydroxylation is 1. The van der Waals surface area contributed by atoms with E-state index in [0.29, 0.717) is 21.4 Å². The summed E-state index contributed by atoms with van der Waals surface area (Å²) in [7, 11) is 0. The van der Waals surface area contributed by atoms with Gasteiger partial charge in [0.15, 0.2) is 6.10 Å². The van der Waals surface area contributed by atoms with E-state index in [0.717, 1.165) is 5.56 Å². The van der Waals surface area contributed by atoms with Crippen LogP contribution in [-0.2, 0) is 4.79 Å². The summed E-state index contributed by atoms with van der Waals surface area (Å²) in [6.07, 6.45) is -0.860. The molecular weight excluding hydrogens is 351 g/mol. The number of hydrogen-bond acceptors (Lipinski definition) is 3. The average Bonchev–Trinajstić information content (AvgIpc) is 2.54. The van der Waals surface area contributed by atoms with E-state index in [9.17, 15) is 9.59 Å². The van der Waals surface area contributed by atoms with Crippen LogP contribution in [0.5, 0.6) is 5.75 Å². The molecule has 1 unspecified atom stereocenters. The van der Waals surface area contributed by atoms with Crippen LogP contribution in [0.1, 0.15) is 22.8 Å². The topological polar surface area (TPSA) is 67.4 Å². The molecule has 5 nitrogen and oxygen atoms in total. The van der Waals surface area contributed by atoms with Gasteiger partial charge in [0.05, 0.1) is 5.02 Å². The summed E-state index contributed by atoms with van der Waals surface area (Å²) < 4.78 is 5.47. The van der Waals surface area contributed by atoms with Crippen molar-refractivity contribution in [2.24, 2.45) is 0 Å². The van der Waals surface area contributed by atoms with Crippen LogP contribution in [0, 0.1) is 6.92 Å². The smallest absolute Gasteiger partial charge is 0.279 e. The first kappa shape index (κ1) is 18.1. The highest BCUT2D eigenvalue weighted by atomic mass is 35.5. The van der Waals surface area contributed by atoms with E-state index in [-0.39, 0.29) is 0 Å². The number of halogens is 2. The molecule has 0 saturated carbocycles. The molecule has 126 valence electrons. The molecule has 0 aliphatic rings. The molecule has 2 aromatic carbocycles. The lowest BCUT2D eigenvalue weighted by atomic mass is 10.1. The number of nitrogens with one attached hydrogen (secondary N) is 2. The third-order valence-electron chi connectivity index (χ3n) is 3.15. The second-order valence-corrected chi connectivity index (χ2v) is 5.99. The van der Waals surface area contributed by atoms with E-state index in [1.165, 1.54) is 6.07 Å². The number of ether oxygens (including phenoxy) is 1. The van der Waals surface area contributed by atoms with Crippen LogP contribution in [0.25, 0.3) is 0 Å². The molecule has 0 fully saturated rings. The van der Waals surface area contributed by atoms with Crippen molar-refractivity contribution in [3.63, 3.8) is 0 Å². The molecule has 0 saturated heterocycles. The fourth-order valence-corrected chi connectivity index (χ4v) is 2.35. The maximum absolute atomic E-state index is 12.0. The molecule has 0 aromatic heterocycles. The Balaban J connectivity index is 1.90. The standard InChI is InChI=1S/C17H16Cl2N2O3/c1-10-4-3-5-12(8-10)17(23)21-20-16(22)11(2)24-15-7-6-13(18)9-14(15)19/h3-9,11H,1-2H3,(H,20,22)(H,21,23). The van der Waals surface area contributed by atoms with Crippen LogP contribution in [-0.4, -0.2) is 17.9 Å². The number of rotatable bonds is 4. The Morgan fingerprint density at radius 1 is 1.08 bits per heavy atom. The molecule has 2 N–H and O–H groups in total. The van der Waals surface area contributed by atoms with Crippen molar-refractivity contribution in [3.05, 3.63) is 63.6 Å². The van der Waals surface area contributed by atoms with Gasteiger partial charge in [-0.25, -0.2) is 0 Å². The van der Waals surface area contributed by atoms with Gasteiger partial charge in [0.25, 0.3) is 11.8 Å². The lowest BCUT2D eigenvalue weighted by Gasteiger charge is -2.16. The molecule has 0 aliphatic heterocycles. The monoisotopic (exact) mass is 366 g/mol. The SMILES string of the molecule is Cc1cccc(C(=O)NNC(=O)C(C)Oc2ccc(Cl)cc2Cl)c1. The first-order valence-electron chi connectivity index (χ1n) is 7.15. The van der Waals surface area contributed by atoms with Gasteiger partial charge in [-0.15, -0.1) is 0 Å². The molecule has 0 spiro atoms. The van der Waals surface area contributed by atoms with Gasteiger partial charge in [-0.3, -0.25) is 20.4 Å². The van der Waals surface area contributed by atoms with Gasteiger partial charge in [0.2, 0.25) is 0 Å². The number of hydrazine groups is 1.